The van der Waals surface area contributed by atoms with Crippen molar-refractivity contribution < 1.29 is 8.42 Å². The predicted octanol–water partition coefficient (Wildman–Crippen LogP) is 1.82. The average molecular weight is 339 g/mol. The second-order valence-corrected chi connectivity index (χ2v) is 8.13. The van der Waals surface area contributed by atoms with E-state index in [0.717, 1.165) is 23.7 Å². The Kier molecular flexibility index (Phi) is 4.37. The Morgan fingerprint density at radius 3 is 2.82 bits per heavy atom. The predicted molar refractivity (Wildman–Crippen MR) is 85.8 cm³/mol. The molecule has 1 aliphatic rings. The minimum atomic E-state index is -3.14. The van der Waals surface area contributed by atoms with Crippen molar-refractivity contribution >= 4 is 32.3 Å². The van der Waals surface area contributed by atoms with Crippen molar-refractivity contribution in [2.75, 3.05) is 24.7 Å². The maximum absolute atomic E-state index is 11.7. The summed E-state index contributed by atoms with van der Waals surface area (Å²) >= 11 is 1.49. The van der Waals surface area contributed by atoms with Crippen LogP contribution in [0.2, 0.25) is 0 Å². The summed E-state index contributed by atoms with van der Waals surface area (Å²) in [5.41, 5.74) is 0.832. The van der Waals surface area contributed by atoms with Crippen molar-refractivity contribution in [3.05, 3.63) is 29.7 Å². The first-order valence-corrected chi connectivity index (χ1v) is 9.69. The summed E-state index contributed by atoms with van der Waals surface area (Å²) in [5.74, 6) is 0.736. The molecule has 0 unspecified atom stereocenters. The lowest BCUT2D eigenvalue weighted by atomic mass is 9.96. The Hall–Kier alpha value is -1.58. The molecule has 9 heteroatoms. The van der Waals surface area contributed by atoms with E-state index in [1.807, 2.05) is 5.38 Å². The number of aromatic nitrogens is 3. The van der Waals surface area contributed by atoms with Crippen LogP contribution in [0, 0.1) is 0 Å². The van der Waals surface area contributed by atoms with Crippen LogP contribution < -0.4 is 5.32 Å². The van der Waals surface area contributed by atoms with Crippen molar-refractivity contribution in [2.45, 2.75) is 18.8 Å². The van der Waals surface area contributed by atoms with Crippen molar-refractivity contribution in [2.24, 2.45) is 0 Å². The molecular weight excluding hydrogens is 322 g/mol. The molecule has 3 rings (SSSR count). The number of nitrogens with one attached hydrogen (secondary N) is 1. The van der Waals surface area contributed by atoms with E-state index in [2.05, 4.69) is 20.3 Å². The molecule has 1 fully saturated rings. The molecular formula is C13H17N5O2S2. The van der Waals surface area contributed by atoms with Crippen LogP contribution in [0.5, 0.6) is 0 Å². The quantitative estimate of drug-likeness (QED) is 0.914. The third-order valence-corrected chi connectivity index (χ3v) is 5.57. The van der Waals surface area contributed by atoms with E-state index >= 15 is 0 Å². The molecule has 7 nitrogen and oxygen atoms in total. The summed E-state index contributed by atoms with van der Waals surface area (Å²) in [5, 5.41) is 5.72. The molecule has 3 heterocycles. The van der Waals surface area contributed by atoms with Gasteiger partial charge in [0.1, 0.15) is 0 Å². The highest BCUT2D eigenvalue weighted by Crippen LogP contribution is 2.27. The van der Waals surface area contributed by atoms with Crippen molar-refractivity contribution in [3.8, 4) is 0 Å². The first-order chi connectivity index (χ1) is 10.5. The van der Waals surface area contributed by atoms with Gasteiger partial charge in [0.15, 0.2) is 10.9 Å². The summed E-state index contributed by atoms with van der Waals surface area (Å²) in [6.07, 6.45) is 8.12. The fourth-order valence-electron chi connectivity index (χ4n) is 2.49. The molecule has 22 heavy (non-hydrogen) atoms. The van der Waals surface area contributed by atoms with Gasteiger partial charge in [0.05, 0.1) is 24.3 Å². The molecule has 0 spiro atoms. The van der Waals surface area contributed by atoms with Crippen molar-refractivity contribution in [3.63, 3.8) is 0 Å². The van der Waals surface area contributed by atoms with Gasteiger partial charge in [-0.15, -0.1) is 11.3 Å². The SMILES string of the molecule is CS(=O)(=O)N1CCC[C@H](c2cnc(Nc3nccs3)cn2)C1. The lowest BCUT2D eigenvalue weighted by Crippen LogP contribution is -2.38. The van der Waals surface area contributed by atoms with E-state index in [1.54, 1.807) is 18.6 Å². The summed E-state index contributed by atoms with van der Waals surface area (Å²) in [6, 6.07) is 0. The number of nitrogens with zero attached hydrogens (tertiary/aromatic N) is 4. The van der Waals surface area contributed by atoms with Gasteiger partial charge < -0.3 is 5.32 Å². The molecule has 1 N–H and O–H groups in total. The number of hydrogen-bond acceptors (Lipinski definition) is 7. The largest absolute Gasteiger partial charge is 0.315 e. The van der Waals surface area contributed by atoms with E-state index in [1.165, 1.54) is 21.9 Å². The number of hydrogen-bond donors (Lipinski definition) is 1. The lowest BCUT2D eigenvalue weighted by Gasteiger charge is -2.30. The summed E-state index contributed by atoms with van der Waals surface area (Å²) < 4.78 is 24.9. The number of sulfonamides is 1. The highest BCUT2D eigenvalue weighted by Gasteiger charge is 2.27. The van der Waals surface area contributed by atoms with Gasteiger partial charge in [-0.05, 0) is 12.8 Å². The van der Waals surface area contributed by atoms with Crippen LogP contribution in [-0.4, -0.2) is 47.0 Å². The van der Waals surface area contributed by atoms with Crippen LogP contribution in [-0.2, 0) is 10.0 Å². The molecule has 0 bridgehead atoms. The Labute approximate surface area is 133 Å². The van der Waals surface area contributed by atoms with Gasteiger partial charge in [-0.3, -0.25) is 4.98 Å². The van der Waals surface area contributed by atoms with Gasteiger partial charge in [-0.2, -0.15) is 0 Å². The van der Waals surface area contributed by atoms with Gasteiger partial charge in [-0.25, -0.2) is 22.7 Å². The van der Waals surface area contributed by atoms with Gasteiger partial charge in [0.2, 0.25) is 10.0 Å². The van der Waals surface area contributed by atoms with E-state index in [4.69, 9.17) is 0 Å². The minimum Gasteiger partial charge on any atom is -0.315 e. The molecule has 1 saturated heterocycles. The summed E-state index contributed by atoms with van der Waals surface area (Å²) in [7, 11) is -3.14. The second kappa shape index (κ2) is 6.27. The zero-order valence-electron chi connectivity index (χ0n) is 12.1. The van der Waals surface area contributed by atoms with Crippen LogP contribution in [0.25, 0.3) is 0 Å². The Morgan fingerprint density at radius 1 is 1.32 bits per heavy atom. The minimum absolute atomic E-state index is 0.102. The highest BCUT2D eigenvalue weighted by atomic mass is 32.2. The van der Waals surface area contributed by atoms with Gasteiger partial charge >= 0.3 is 0 Å². The maximum Gasteiger partial charge on any atom is 0.211 e. The number of rotatable bonds is 4. The first kappa shape index (κ1) is 15.3. The van der Waals surface area contributed by atoms with Crippen LogP contribution in [0.15, 0.2) is 24.0 Å². The molecule has 2 aromatic rings. The average Bonchev–Trinajstić information content (AvgIpc) is 3.00. The van der Waals surface area contributed by atoms with E-state index in [0.29, 0.717) is 18.9 Å². The zero-order valence-corrected chi connectivity index (χ0v) is 13.8. The lowest BCUT2D eigenvalue weighted by molar-refractivity contribution is 0.314. The molecule has 0 amide bonds. The Morgan fingerprint density at radius 2 is 2.18 bits per heavy atom. The van der Waals surface area contributed by atoms with E-state index in [9.17, 15) is 8.42 Å². The molecule has 0 aromatic carbocycles. The molecule has 1 aliphatic heterocycles. The Bertz CT molecular complexity index is 715. The maximum atomic E-state index is 11.7. The highest BCUT2D eigenvalue weighted by molar-refractivity contribution is 7.88. The van der Waals surface area contributed by atoms with Crippen molar-refractivity contribution in [1.82, 2.24) is 19.3 Å². The number of thiazole rings is 1. The van der Waals surface area contributed by atoms with Crippen LogP contribution >= 0.6 is 11.3 Å². The Balaban J connectivity index is 1.70. The molecule has 2 aromatic heterocycles. The van der Waals surface area contributed by atoms with Gasteiger partial charge in [-0.1, -0.05) is 0 Å². The molecule has 0 aliphatic carbocycles. The summed E-state index contributed by atoms with van der Waals surface area (Å²) in [4.78, 5) is 12.9. The fraction of sp³-hybridized carbons (Fsp3) is 0.462. The normalized spacial score (nSPS) is 20.0. The van der Waals surface area contributed by atoms with Crippen LogP contribution in [0.1, 0.15) is 24.5 Å². The standard InChI is InChI=1S/C13H17N5O2S2/c1-22(19,20)18-5-2-3-10(9-18)11-7-16-12(8-15-11)17-13-14-4-6-21-13/h4,6-8,10H,2-3,5,9H2,1H3,(H,14,16,17)/t10-/m0/s1. The first-order valence-electron chi connectivity index (χ1n) is 6.96. The monoisotopic (exact) mass is 339 g/mol. The van der Waals surface area contributed by atoms with E-state index < -0.39 is 10.0 Å². The summed E-state index contributed by atoms with van der Waals surface area (Å²) in [6.45, 7) is 1.07. The molecule has 0 saturated carbocycles. The number of anilines is 2. The van der Waals surface area contributed by atoms with Crippen molar-refractivity contribution in [1.29, 1.82) is 0 Å². The smallest absolute Gasteiger partial charge is 0.211 e. The molecule has 118 valence electrons. The topological polar surface area (TPSA) is 88.1 Å². The third-order valence-electron chi connectivity index (χ3n) is 3.61. The van der Waals surface area contributed by atoms with Crippen LogP contribution in [0.4, 0.5) is 10.9 Å². The third kappa shape index (κ3) is 3.60. The van der Waals surface area contributed by atoms with Crippen LogP contribution in [0.3, 0.4) is 0 Å². The number of piperidine rings is 1. The second-order valence-electron chi connectivity index (χ2n) is 5.25. The zero-order chi connectivity index (χ0) is 15.6. The molecule has 1 atom stereocenters. The molecule has 0 radical (unpaired) electrons. The fourth-order valence-corrected chi connectivity index (χ4v) is 3.94. The van der Waals surface area contributed by atoms with E-state index in [-0.39, 0.29) is 5.92 Å². The van der Waals surface area contributed by atoms with Gasteiger partial charge in [0.25, 0.3) is 0 Å². The van der Waals surface area contributed by atoms with Gasteiger partial charge in [0, 0.05) is 30.6 Å².